The topological polar surface area (TPSA) is 69.0 Å². The van der Waals surface area contributed by atoms with Crippen molar-refractivity contribution in [3.63, 3.8) is 0 Å². The van der Waals surface area contributed by atoms with Crippen LogP contribution in [0.4, 0.5) is 0 Å². The molecule has 1 aromatic carbocycles. The Labute approximate surface area is 149 Å². The molecule has 1 aromatic heterocycles. The Morgan fingerprint density at radius 1 is 1.17 bits per heavy atom. The molecular weight excluding hydrogens is 383 g/mol. The van der Waals surface area contributed by atoms with Gasteiger partial charge < -0.3 is 4.57 Å². The lowest BCUT2D eigenvalue weighted by atomic mass is 10.3. The molecule has 0 radical (unpaired) electrons. The zero-order valence-electron chi connectivity index (χ0n) is 11.9. The van der Waals surface area contributed by atoms with Crippen molar-refractivity contribution in [1.82, 2.24) is 9.55 Å². The van der Waals surface area contributed by atoms with Gasteiger partial charge in [-0.05, 0) is 30.7 Å². The fraction of sp³-hybridized carbons (Fsp3) is 0.286. The molecule has 0 N–H and O–H groups in total. The third-order valence-corrected chi connectivity index (χ3v) is 5.61. The highest BCUT2D eigenvalue weighted by molar-refractivity contribution is 7.92. The van der Waals surface area contributed by atoms with Gasteiger partial charge in [0.25, 0.3) is 0 Å². The Hall–Kier alpha value is -1.08. The van der Waals surface area contributed by atoms with Gasteiger partial charge in [-0.3, -0.25) is 4.79 Å². The zero-order valence-corrected chi connectivity index (χ0v) is 15.0. The van der Waals surface area contributed by atoms with Crippen molar-refractivity contribution in [2.45, 2.75) is 17.9 Å². The Bertz CT molecular complexity index is 801. The molecule has 5 nitrogen and oxygen atoms in total. The highest BCUT2D eigenvalue weighted by Crippen LogP contribution is 2.20. The Balaban J connectivity index is 2.18. The number of imidazole rings is 1. The fourth-order valence-corrected chi connectivity index (χ4v) is 3.63. The molecule has 0 aliphatic rings. The van der Waals surface area contributed by atoms with Crippen LogP contribution in [0.5, 0.6) is 0 Å². The molecule has 23 heavy (non-hydrogen) atoms. The zero-order chi connectivity index (χ0) is 17.0. The highest BCUT2D eigenvalue weighted by Gasteiger charge is 2.24. The predicted octanol–water partition coefficient (Wildman–Crippen LogP) is 3.48. The van der Waals surface area contributed by atoms with E-state index in [1.54, 1.807) is 4.57 Å². The van der Waals surface area contributed by atoms with Crippen LogP contribution in [0.2, 0.25) is 10.2 Å². The smallest absolute Gasteiger partial charge is 0.199 e. The van der Waals surface area contributed by atoms with Gasteiger partial charge >= 0.3 is 0 Å². The van der Waals surface area contributed by atoms with Crippen LogP contribution in [0, 0.1) is 0 Å². The monoisotopic (exact) mass is 394 g/mol. The van der Waals surface area contributed by atoms with Gasteiger partial charge in [0.1, 0.15) is 16.6 Å². The number of sulfone groups is 1. The van der Waals surface area contributed by atoms with Gasteiger partial charge in [-0.2, -0.15) is 0 Å². The van der Waals surface area contributed by atoms with Gasteiger partial charge in [-0.15, -0.1) is 11.6 Å². The number of hydrogen-bond donors (Lipinski definition) is 0. The molecule has 2 aromatic rings. The second-order valence-electron chi connectivity index (χ2n) is 4.76. The summed E-state index contributed by atoms with van der Waals surface area (Å²) >= 11 is 17.4. The van der Waals surface area contributed by atoms with Crippen LogP contribution < -0.4 is 0 Å². The molecule has 0 spiro atoms. The van der Waals surface area contributed by atoms with E-state index < -0.39 is 21.4 Å². The first-order valence-corrected chi connectivity index (χ1v) is 9.57. The normalized spacial score (nSPS) is 11.6. The molecule has 0 bridgehead atoms. The molecule has 2 rings (SSSR count). The number of carbonyl (C=O) groups is 1. The summed E-state index contributed by atoms with van der Waals surface area (Å²) in [6, 6.07) is 5.61. The molecule has 0 amide bonds. The Morgan fingerprint density at radius 3 is 2.43 bits per heavy atom. The van der Waals surface area contributed by atoms with Crippen molar-refractivity contribution < 1.29 is 13.2 Å². The molecule has 0 fully saturated rings. The van der Waals surface area contributed by atoms with Gasteiger partial charge in [-0.1, -0.05) is 23.2 Å². The number of aryl methyl sites for hydroxylation is 1. The van der Waals surface area contributed by atoms with E-state index in [-0.39, 0.29) is 15.7 Å². The summed E-state index contributed by atoms with van der Waals surface area (Å²) in [5, 5.41) is 0.530. The first-order valence-electron chi connectivity index (χ1n) is 6.63. The van der Waals surface area contributed by atoms with E-state index in [0.29, 0.717) is 23.9 Å². The highest BCUT2D eigenvalue weighted by atomic mass is 35.5. The van der Waals surface area contributed by atoms with E-state index in [9.17, 15) is 13.2 Å². The first kappa shape index (κ1) is 18.3. The van der Waals surface area contributed by atoms with Gasteiger partial charge in [0.15, 0.2) is 15.6 Å². The van der Waals surface area contributed by atoms with Crippen molar-refractivity contribution in [3.8, 4) is 0 Å². The van der Waals surface area contributed by atoms with E-state index in [0.717, 1.165) is 0 Å². The van der Waals surface area contributed by atoms with Crippen LogP contribution in [0.25, 0.3) is 0 Å². The average Bonchev–Trinajstić information content (AvgIpc) is 2.86. The van der Waals surface area contributed by atoms with Gasteiger partial charge in [0, 0.05) is 17.4 Å². The number of rotatable bonds is 7. The van der Waals surface area contributed by atoms with Crippen LogP contribution >= 0.6 is 34.8 Å². The van der Waals surface area contributed by atoms with E-state index in [4.69, 9.17) is 34.8 Å². The summed E-state index contributed by atoms with van der Waals surface area (Å²) in [4.78, 5) is 16.2. The van der Waals surface area contributed by atoms with Gasteiger partial charge in [-0.25, -0.2) is 13.4 Å². The first-order chi connectivity index (χ1) is 10.8. The average molecular weight is 396 g/mol. The third-order valence-electron chi connectivity index (χ3n) is 3.06. The van der Waals surface area contributed by atoms with Crippen molar-refractivity contribution in [2.75, 3.05) is 11.6 Å². The second-order valence-corrected chi connectivity index (χ2v) is 7.92. The van der Waals surface area contributed by atoms with Gasteiger partial charge in [0.2, 0.25) is 0 Å². The van der Waals surface area contributed by atoms with Gasteiger partial charge in [0.05, 0.1) is 11.2 Å². The molecule has 9 heteroatoms. The summed E-state index contributed by atoms with van der Waals surface area (Å²) in [5.74, 6) is -0.918. The minimum absolute atomic E-state index is 0.0212. The molecule has 0 saturated heterocycles. The summed E-state index contributed by atoms with van der Waals surface area (Å²) in [7, 11) is -3.79. The predicted molar refractivity (Wildman–Crippen MR) is 90.4 cm³/mol. The summed E-state index contributed by atoms with van der Waals surface area (Å²) in [6.45, 7) is 0.506. The standard InChI is InChI=1S/C14H13Cl3N2O3S/c15-6-1-7-19-9-18-13(14(19)17)12(20)8-23(21,22)11-4-2-10(16)3-5-11/h2-5,9H,1,6-8H2. The maximum absolute atomic E-state index is 12.3. The van der Waals surface area contributed by atoms with Crippen LogP contribution in [0.1, 0.15) is 16.9 Å². The van der Waals surface area contributed by atoms with Crippen LogP contribution in [0.3, 0.4) is 0 Å². The number of carbonyl (C=O) groups excluding carboxylic acids is 1. The Kier molecular flexibility index (Phi) is 6.08. The maximum Gasteiger partial charge on any atom is 0.199 e. The van der Waals surface area contributed by atoms with E-state index in [1.807, 2.05) is 0 Å². The number of aromatic nitrogens is 2. The molecule has 0 aliphatic heterocycles. The number of hydrogen-bond acceptors (Lipinski definition) is 4. The molecular formula is C14H13Cl3N2O3S. The van der Waals surface area contributed by atoms with Crippen molar-refractivity contribution in [2.24, 2.45) is 0 Å². The SMILES string of the molecule is O=C(CS(=O)(=O)c1ccc(Cl)cc1)c1ncn(CCCCl)c1Cl. The summed E-state index contributed by atoms with van der Waals surface area (Å²) < 4.78 is 26.1. The minimum atomic E-state index is -3.79. The molecule has 1 heterocycles. The maximum atomic E-state index is 12.3. The number of benzene rings is 1. The summed E-state index contributed by atoms with van der Waals surface area (Å²) in [5.41, 5.74) is -0.0567. The van der Waals surface area contributed by atoms with Crippen molar-refractivity contribution in [3.05, 3.63) is 46.5 Å². The Morgan fingerprint density at radius 2 is 1.83 bits per heavy atom. The quantitative estimate of drug-likeness (QED) is 0.531. The molecule has 0 unspecified atom stereocenters. The third kappa shape index (κ3) is 4.47. The number of Topliss-reactive ketones (excluding diaryl/α,β-unsaturated/α-hetero) is 1. The fourth-order valence-electron chi connectivity index (χ4n) is 1.91. The largest absolute Gasteiger partial charge is 0.321 e. The number of nitrogens with zero attached hydrogens (tertiary/aromatic N) is 2. The van der Waals surface area contributed by atoms with Crippen LogP contribution in [0.15, 0.2) is 35.5 Å². The van der Waals surface area contributed by atoms with Crippen molar-refractivity contribution in [1.29, 1.82) is 0 Å². The van der Waals surface area contributed by atoms with Crippen LogP contribution in [-0.4, -0.2) is 35.4 Å². The number of ketones is 1. The molecule has 124 valence electrons. The second kappa shape index (κ2) is 7.66. The lowest BCUT2D eigenvalue weighted by molar-refractivity contribution is 0.101. The molecule has 0 aliphatic carbocycles. The molecule has 0 saturated carbocycles. The number of halogens is 3. The van der Waals surface area contributed by atoms with E-state index >= 15 is 0 Å². The lowest BCUT2D eigenvalue weighted by Crippen LogP contribution is -2.17. The van der Waals surface area contributed by atoms with E-state index in [1.165, 1.54) is 30.6 Å². The van der Waals surface area contributed by atoms with Crippen molar-refractivity contribution >= 4 is 50.4 Å². The summed E-state index contributed by atoms with van der Waals surface area (Å²) in [6.07, 6.45) is 2.06. The number of alkyl halides is 1. The lowest BCUT2D eigenvalue weighted by Gasteiger charge is -2.04. The van der Waals surface area contributed by atoms with Crippen LogP contribution in [-0.2, 0) is 16.4 Å². The molecule has 0 atom stereocenters. The van der Waals surface area contributed by atoms with E-state index in [2.05, 4.69) is 4.98 Å². The minimum Gasteiger partial charge on any atom is -0.321 e.